The highest BCUT2D eigenvalue weighted by atomic mass is 16.3. The number of nitrogens with one attached hydrogen (secondary N) is 2. The molecule has 0 spiro atoms. The van der Waals surface area contributed by atoms with Crippen LogP contribution in [-0.2, 0) is 0 Å². The fraction of sp³-hybridized carbons (Fsp3) is 0.643. The first kappa shape index (κ1) is 13.1. The Kier molecular flexibility index (Phi) is 4.07. The van der Waals surface area contributed by atoms with Gasteiger partial charge in [0, 0.05) is 18.2 Å². The van der Waals surface area contributed by atoms with Crippen molar-refractivity contribution < 1.29 is 9.21 Å². The first-order valence-electron chi connectivity index (χ1n) is 6.67. The zero-order valence-corrected chi connectivity index (χ0v) is 11.4. The Morgan fingerprint density at radius 2 is 2.17 bits per heavy atom. The van der Waals surface area contributed by atoms with E-state index in [0.717, 1.165) is 30.8 Å². The topological polar surface area (TPSA) is 54.3 Å². The summed E-state index contributed by atoms with van der Waals surface area (Å²) in [5, 5.41) is 6.41. The first-order chi connectivity index (χ1) is 8.59. The summed E-state index contributed by atoms with van der Waals surface area (Å²) in [5.41, 5.74) is 1.65. The number of carbonyl (C=O) groups excluding carboxylic acids is 1. The summed E-state index contributed by atoms with van der Waals surface area (Å²) in [4.78, 5) is 12.1. The van der Waals surface area contributed by atoms with E-state index in [1.807, 2.05) is 20.8 Å². The zero-order valence-electron chi connectivity index (χ0n) is 11.4. The molecule has 0 bridgehead atoms. The van der Waals surface area contributed by atoms with Gasteiger partial charge in [0.05, 0.1) is 5.56 Å². The van der Waals surface area contributed by atoms with Gasteiger partial charge in [-0.15, -0.1) is 0 Å². The highest BCUT2D eigenvalue weighted by Gasteiger charge is 2.19. The molecule has 1 fully saturated rings. The molecule has 1 aliphatic heterocycles. The maximum Gasteiger partial charge on any atom is 0.255 e. The summed E-state index contributed by atoms with van der Waals surface area (Å²) < 4.78 is 5.47. The predicted molar refractivity (Wildman–Crippen MR) is 70.9 cm³/mol. The second-order valence-corrected chi connectivity index (χ2v) is 5.05. The van der Waals surface area contributed by atoms with Crippen LogP contribution in [-0.4, -0.2) is 25.0 Å². The minimum atomic E-state index is -0.0140. The number of furan rings is 1. The van der Waals surface area contributed by atoms with Crippen LogP contribution in [0.15, 0.2) is 4.42 Å². The van der Waals surface area contributed by atoms with E-state index in [-0.39, 0.29) is 5.91 Å². The van der Waals surface area contributed by atoms with E-state index in [9.17, 15) is 4.79 Å². The lowest BCUT2D eigenvalue weighted by atomic mass is 10.1. The molecule has 2 rings (SSSR count). The molecule has 0 saturated carbocycles. The molecule has 1 amide bonds. The van der Waals surface area contributed by atoms with Crippen LogP contribution in [0.1, 0.15) is 46.7 Å². The molecule has 0 aromatic carbocycles. The van der Waals surface area contributed by atoms with Gasteiger partial charge in [-0.05, 0) is 46.6 Å². The van der Waals surface area contributed by atoms with Crippen LogP contribution < -0.4 is 10.6 Å². The average Bonchev–Trinajstić information content (AvgIpc) is 2.89. The summed E-state index contributed by atoms with van der Waals surface area (Å²) in [6.45, 7) is 7.49. The van der Waals surface area contributed by atoms with Crippen molar-refractivity contribution in [3.8, 4) is 0 Å². The van der Waals surface area contributed by atoms with Gasteiger partial charge in [-0.1, -0.05) is 0 Å². The Labute approximate surface area is 108 Å². The van der Waals surface area contributed by atoms with E-state index in [1.54, 1.807) is 0 Å². The monoisotopic (exact) mass is 250 g/mol. The lowest BCUT2D eigenvalue weighted by Gasteiger charge is -2.10. The quantitative estimate of drug-likeness (QED) is 0.860. The molecule has 2 heterocycles. The summed E-state index contributed by atoms with van der Waals surface area (Å²) in [7, 11) is 0. The fourth-order valence-electron chi connectivity index (χ4n) is 2.58. The molecule has 0 unspecified atom stereocenters. The van der Waals surface area contributed by atoms with Crippen molar-refractivity contribution in [1.82, 2.24) is 10.6 Å². The Balaban J connectivity index is 1.87. The van der Waals surface area contributed by atoms with Crippen molar-refractivity contribution in [1.29, 1.82) is 0 Å². The number of amides is 1. The average molecular weight is 250 g/mol. The zero-order chi connectivity index (χ0) is 13.1. The highest BCUT2D eigenvalue weighted by molar-refractivity contribution is 5.96. The third-order valence-electron chi connectivity index (χ3n) is 3.73. The summed E-state index contributed by atoms with van der Waals surface area (Å²) >= 11 is 0. The van der Waals surface area contributed by atoms with Crippen LogP contribution in [0.5, 0.6) is 0 Å². The Morgan fingerprint density at radius 3 is 2.72 bits per heavy atom. The van der Waals surface area contributed by atoms with Gasteiger partial charge in [0.15, 0.2) is 0 Å². The van der Waals surface area contributed by atoms with Gasteiger partial charge < -0.3 is 15.1 Å². The third kappa shape index (κ3) is 2.75. The van der Waals surface area contributed by atoms with Gasteiger partial charge in [0.25, 0.3) is 5.91 Å². The van der Waals surface area contributed by atoms with Crippen molar-refractivity contribution >= 4 is 5.91 Å². The van der Waals surface area contributed by atoms with Crippen LogP contribution in [0.3, 0.4) is 0 Å². The smallest absolute Gasteiger partial charge is 0.255 e. The third-order valence-corrected chi connectivity index (χ3v) is 3.73. The van der Waals surface area contributed by atoms with Crippen LogP contribution in [0.25, 0.3) is 0 Å². The lowest BCUT2D eigenvalue weighted by Crippen LogP contribution is -2.31. The second-order valence-electron chi connectivity index (χ2n) is 5.05. The number of aryl methyl sites for hydroxylation is 2. The van der Waals surface area contributed by atoms with Crippen molar-refractivity contribution in [3.05, 3.63) is 22.6 Å². The molecule has 1 aromatic heterocycles. The van der Waals surface area contributed by atoms with Crippen LogP contribution in [0.2, 0.25) is 0 Å². The Morgan fingerprint density at radius 1 is 1.39 bits per heavy atom. The largest absolute Gasteiger partial charge is 0.466 e. The molecule has 1 aliphatic rings. The molecule has 0 aliphatic carbocycles. The molecule has 1 aromatic rings. The van der Waals surface area contributed by atoms with E-state index in [2.05, 4.69) is 10.6 Å². The Hall–Kier alpha value is -1.29. The molecule has 1 saturated heterocycles. The molecule has 2 N–H and O–H groups in total. The number of hydrogen-bond donors (Lipinski definition) is 2. The van der Waals surface area contributed by atoms with Gasteiger partial charge in [0.1, 0.15) is 11.5 Å². The van der Waals surface area contributed by atoms with Crippen molar-refractivity contribution in [2.24, 2.45) is 0 Å². The number of rotatable bonds is 4. The summed E-state index contributed by atoms with van der Waals surface area (Å²) in [6.07, 6.45) is 3.47. The summed E-state index contributed by atoms with van der Waals surface area (Å²) in [6, 6.07) is 0.568. The number of hydrogen-bond acceptors (Lipinski definition) is 3. The standard InChI is InChI=1S/C14H22N2O2/c1-9-10(2)18-11(3)13(9)14(17)16-8-6-12-5-4-7-15-12/h12,15H,4-8H2,1-3H3,(H,16,17)/t12-/m1/s1. The molecule has 4 heteroatoms. The lowest BCUT2D eigenvalue weighted by molar-refractivity contribution is 0.0950. The van der Waals surface area contributed by atoms with Gasteiger partial charge in [-0.3, -0.25) is 4.79 Å². The van der Waals surface area contributed by atoms with E-state index >= 15 is 0 Å². The van der Waals surface area contributed by atoms with E-state index in [1.165, 1.54) is 12.8 Å². The number of carbonyl (C=O) groups is 1. The molecule has 18 heavy (non-hydrogen) atoms. The molecule has 1 atom stereocenters. The first-order valence-corrected chi connectivity index (χ1v) is 6.67. The van der Waals surface area contributed by atoms with Gasteiger partial charge in [0.2, 0.25) is 0 Å². The molecular formula is C14H22N2O2. The molecular weight excluding hydrogens is 228 g/mol. The maximum absolute atomic E-state index is 12.1. The van der Waals surface area contributed by atoms with Crippen LogP contribution >= 0.6 is 0 Å². The summed E-state index contributed by atoms with van der Waals surface area (Å²) in [5.74, 6) is 1.52. The van der Waals surface area contributed by atoms with E-state index < -0.39 is 0 Å². The SMILES string of the molecule is Cc1oc(C)c(C(=O)NCC[C@H]2CCCN2)c1C. The Bertz CT molecular complexity index is 431. The maximum atomic E-state index is 12.1. The highest BCUT2D eigenvalue weighted by Crippen LogP contribution is 2.20. The van der Waals surface area contributed by atoms with Crippen LogP contribution in [0, 0.1) is 20.8 Å². The van der Waals surface area contributed by atoms with E-state index in [4.69, 9.17) is 4.42 Å². The van der Waals surface area contributed by atoms with Gasteiger partial charge >= 0.3 is 0 Å². The van der Waals surface area contributed by atoms with Crippen LogP contribution in [0.4, 0.5) is 0 Å². The molecule has 4 nitrogen and oxygen atoms in total. The van der Waals surface area contributed by atoms with Gasteiger partial charge in [-0.2, -0.15) is 0 Å². The van der Waals surface area contributed by atoms with Crippen molar-refractivity contribution in [2.75, 3.05) is 13.1 Å². The minimum absolute atomic E-state index is 0.0140. The second kappa shape index (κ2) is 5.57. The normalized spacial score (nSPS) is 19.2. The van der Waals surface area contributed by atoms with Crippen molar-refractivity contribution in [3.63, 3.8) is 0 Å². The molecule has 100 valence electrons. The molecule has 0 radical (unpaired) electrons. The fourth-order valence-corrected chi connectivity index (χ4v) is 2.58. The van der Waals surface area contributed by atoms with E-state index in [0.29, 0.717) is 17.4 Å². The van der Waals surface area contributed by atoms with Gasteiger partial charge in [-0.25, -0.2) is 0 Å². The predicted octanol–water partition coefficient (Wildman–Crippen LogP) is 2.08. The minimum Gasteiger partial charge on any atom is -0.466 e. The van der Waals surface area contributed by atoms with Crippen molar-refractivity contribution in [2.45, 2.75) is 46.1 Å².